The third-order valence-corrected chi connectivity index (χ3v) is 4.81. The molecule has 1 aromatic rings. The number of amides is 1. The maximum absolute atomic E-state index is 11.6. The van der Waals surface area contributed by atoms with Crippen LogP contribution in [0.5, 0.6) is 0 Å². The van der Waals surface area contributed by atoms with E-state index in [0.29, 0.717) is 11.1 Å². The van der Waals surface area contributed by atoms with Crippen LogP contribution in [0.2, 0.25) is 0 Å². The quantitative estimate of drug-likeness (QED) is 0.892. The van der Waals surface area contributed by atoms with Crippen LogP contribution in [0.1, 0.15) is 49.0 Å². The van der Waals surface area contributed by atoms with Crippen molar-refractivity contribution < 1.29 is 13.2 Å². The number of sulfonamides is 1. The van der Waals surface area contributed by atoms with Gasteiger partial charge in [0.05, 0.1) is 4.90 Å². The molecule has 4 N–H and O–H groups in total. The second kappa shape index (κ2) is 5.27. The average molecular weight is 308 g/mol. The Morgan fingerprint density at radius 3 is 2.43 bits per heavy atom. The van der Waals surface area contributed by atoms with Gasteiger partial charge in [-0.2, -0.15) is 0 Å². The molecule has 0 unspecified atom stereocenters. The molecule has 0 aromatic heterocycles. The highest BCUT2D eigenvalue weighted by atomic mass is 32.2. The maximum Gasteiger partial charge on any atom is 0.249 e. The Bertz CT molecular complexity index is 718. The minimum Gasteiger partial charge on any atom is -0.366 e. The Morgan fingerprint density at radius 2 is 1.95 bits per heavy atom. The lowest BCUT2D eigenvalue weighted by molar-refractivity contribution is 0.1000. The number of carbonyl (C=O) groups is 1. The van der Waals surface area contributed by atoms with E-state index < -0.39 is 15.9 Å². The van der Waals surface area contributed by atoms with Crippen molar-refractivity contribution in [1.29, 1.82) is 0 Å². The van der Waals surface area contributed by atoms with E-state index in [-0.39, 0.29) is 10.3 Å². The molecule has 6 heteroatoms. The third kappa shape index (κ3) is 3.51. The summed E-state index contributed by atoms with van der Waals surface area (Å²) in [5, 5.41) is 5.16. The zero-order chi connectivity index (χ0) is 15.8. The lowest BCUT2D eigenvalue weighted by Crippen LogP contribution is -2.19. The van der Waals surface area contributed by atoms with Gasteiger partial charge in [0, 0.05) is 5.56 Å². The van der Waals surface area contributed by atoms with E-state index in [4.69, 9.17) is 10.9 Å². The van der Waals surface area contributed by atoms with Gasteiger partial charge in [-0.25, -0.2) is 13.6 Å². The predicted molar refractivity (Wildman–Crippen MR) is 81.9 cm³/mol. The fourth-order valence-corrected chi connectivity index (χ4v) is 3.04. The van der Waals surface area contributed by atoms with Gasteiger partial charge in [0.2, 0.25) is 15.9 Å². The van der Waals surface area contributed by atoms with Crippen LogP contribution < -0.4 is 10.9 Å². The molecule has 0 radical (unpaired) electrons. The molecule has 21 heavy (non-hydrogen) atoms. The summed E-state index contributed by atoms with van der Waals surface area (Å²) in [4.78, 5) is 11.6. The van der Waals surface area contributed by atoms with Gasteiger partial charge in [-0.3, -0.25) is 4.79 Å². The third-order valence-electron chi connectivity index (χ3n) is 3.90. The SMILES string of the molecule is CC1(C)CC=C(c2cc(S(N)(=O)=O)ccc2C(N)=O)CC1. The fraction of sp³-hybridized carbons (Fsp3) is 0.400. The molecule has 114 valence electrons. The molecule has 0 spiro atoms. The number of primary sulfonamides is 1. The number of carbonyl (C=O) groups excluding carboxylic acids is 1. The summed E-state index contributed by atoms with van der Waals surface area (Å²) < 4.78 is 23.0. The van der Waals surface area contributed by atoms with Crippen LogP contribution in [0.15, 0.2) is 29.2 Å². The summed E-state index contributed by atoms with van der Waals surface area (Å²) in [6.45, 7) is 4.35. The van der Waals surface area contributed by atoms with Crippen molar-refractivity contribution in [3.8, 4) is 0 Å². The summed E-state index contributed by atoms with van der Waals surface area (Å²) in [6.07, 6.45) is 4.68. The number of primary amides is 1. The van der Waals surface area contributed by atoms with Gasteiger partial charge in [-0.15, -0.1) is 0 Å². The lowest BCUT2D eigenvalue weighted by atomic mass is 9.76. The van der Waals surface area contributed by atoms with E-state index in [1.165, 1.54) is 18.2 Å². The first-order chi connectivity index (χ1) is 9.60. The highest BCUT2D eigenvalue weighted by Crippen LogP contribution is 2.39. The zero-order valence-electron chi connectivity index (χ0n) is 12.2. The van der Waals surface area contributed by atoms with Gasteiger partial charge in [0.15, 0.2) is 0 Å². The zero-order valence-corrected chi connectivity index (χ0v) is 13.0. The monoisotopic (exact) mass is 308 g/mol. The molecule has 0 aliphatic heterocycles. The summed E-state index contributed by atoms with van der Waals surface area (Å²) >= 11 is 0. The summed E-state index contributed by atoms with van der Waals surface area (Å²) in [7, 11) is -3.81. The molecule has 0 bridgehead atoms. The van der Waals surface area contributed by atoms with Crippen LogP contribution in [-0.2, 0) is 10.0 Å². The molecule has 2 rings (SSSR count). The maximum atomic E-state index is 11.6. The molecule has 5 nitrogen and oxygen atoms in total. The fourth-order valence-electron chi connectivity index (χ4n) is 2.50. The Kier molecular flexibility index (Phi) is 3.95. The molecule has 1 amide bonds. The van der Waals surface area contributed by atoms with E-state index in [2.05, 4.69) is 19.9 Å². The first-order valence-corrected chi connectivity index (χ1v) is 8.31. The smallest absolute Gasteiger partial charge is 0.249 e. The van der Waals surface area contributed by atoms with E-state index >= 15 is 0 Å². The molecule has 1 aliphatic carbocycles. The largest absolute Gasteiger partial charge is 0.366 e. The molecule has 0 atom stereocenters. The Hall–Kier alpha value is -1.66. The molecule has 0 saturated heterocycles. The molecular formula is C15H20N2O3S. The number of allylic oxidation sites excluding steroid dienone is 2. The number of hydrogen-bond donors (Lipinski definition) is 2. The highest BCUT2D eigenvalue weighted by Gasteiger charge is 2.24. The van der Waals surface area contributed by atoms with Gasteiger partial charge >= 0.3 is 0 Å². The highest BCUT2D eigenvalue weighted by molar-refractivity contribution is 7.89. The number of nitrogens with two attached hydrogens (primary N) is 2. The van der Waals surface area contributed by atoms with Crippen LogP contribution in [0.3, 0.4) is 0 Å². The van der Waals surface area contributed by atoms with E-state index in [0.717, 1.165) is 24.8 Å². The van der Waals surface area contributed by atoms with Crippen molar-refractivity contribution in [1.82, 2.24) is 0 Å². The van der Waals surface area contributed by atoms with Crippen molar-refractivity contribution in [3.63, 3.8) is 0 Å². The van der Waals surface area contributed by atoms with E-state index in [1.54, 1.807) is 0 Å². The van der Waals surface area contributed by atoms with Crippen molar-refractivity contribution in [2.75, 3.05) is 0 Å². The second-order valence-electron chi connectivity index (χ2n) is 6.21. The van der Waals surface area contributed by atoms with E-state index in [9.17, 15) is 13.2 Å². The summed E-state index contributed by atoms with van der Waals surface area (Å²) in [6, 6.07) is 4.18. The first kappa shape index (κ1) is 15.7. The Balaban J connectivity index is 2.55. The normalized spacial score (nSPS) is 18.1. The van der Waals surface area contributed by atoms with Gasteiger partial charge in [-0.1, -0.05) is 19.9 Å². The standard InChI is InChI=1S/C15H20N2O3S/c1-15(2)7-5-10(6-8-15)13-9-11(21(17,19)20)3-4-12(13)14(16)18/h3-5,9H,6-8H2,1-2H3,(H2,16,18)(H2,17,19,20). The van der Waals surface area contributed by atoms with E-state index in [1.807, 2.05) is 0 Å². The molecule has 0 fully saturated rings. The van der Waals surface area contributed by atoms with Crippen molar-refractivity contribution in [2.24, 2.45) is 16.3 Å². The van der Waals surface area contributed by atoms with Crippen LogP contribution in [0, 0.1) is 5.41 Å². The van der Waals surface area contributed by atoms with Crippen molar-refractivity contribution >= 4 is 21.5 Å². The van der Waals surface area contributed by atoms with Gasteiger partial charge < -0.3 is 5.73 Å². The summed E-state index contributed by atoms with van der Waals surface area (Å²) in [5.74, 6) is -0.572. The topological polar surface area (TPSA) is 103 Å². The van der Waals surface area contributed by atoms with Crippen molar-refractivity contribution in [3.05, 3.63) is 35.4 Å². The lowest BCUT2D eigenvalue weighted by Gasteiger charge is -2.29. The van der Waals surface area contributed by atoms with Gasteiger partial charge in [0.25, 0.3) is 0 Å². The molecule has 0 saturated carbocycles. The predicted octanol–water partition coefficient (Wildman–Crippen LogP) is 2.03. The van der Waals surface area contributed by atoms with Crippen LogP contribution in [-0.4, -0.2) is 14.3 Å². The second-order valence-corrected chi connectivity index (χ2v) is 7.78. The Labute approximate surface area is 125 Å². The van der Waals surface area contributed by atoms with Crippen LogP contribution >= 0.6 is 0 Å². The minimum absolute atomic E-state index is 0.00627. The van der Waals surface area contributed by atoms with Crippen molar-refractivity contribution in [2.45, 2.75) is 38.0 Å². The number of rotatable bonds is 3. The van der Waals surface area contributed by atoms with Gasteiger partial charge in [-0.05, 0) is 54.0 Å². The number of benzene rings is 1. The Morgan fingerprint density at radius 1 is 1.29 bits per heavy atom. The summed E-state index contributed by atoms with van der Waals surface area (Å²) in [5.41, 5.74) is 7.46. The molecule has 1 aromatic carbocycles. The molecule has 0 heterocycles. The first-order valence-electron chi connectivity index (χ1n) is 6.76. The van der Waals surface area contributed by atoms with Crippen LogP contribution in [0.4, 0.5) is 0 Å². The molecular weight excluding hydrogens is 288 g/mol. The number of hydrogen-bond acceptors (Lipinski definition) is 3. The van der Waals surface area contributed by atoms with Crippen LogP contribution in [0.25, 0.3) is 5.57 Å². The van der Waals surface area contributed by atoms with Gasteiger partial charge in [0.1, 0.15) is 0 Å². The molecule has 1 aliphatic rings. The average Bonchev–Trinajstić information content (AvgIpc) is 2.37. The minimum atomic E-state index is -3.81.